The van der Waals surface area contributed by atoms with Crippen LogP contribution in [-0.2, 0) is 9.59 Å². The lowest BCUT2D eigenvalue weighted by molar-refractivity contribution is -0.159. The van der Waals surface area contributed by atoms with E-state index in [9.17, 15) is 17.6 Å². The maximum atomic E-state index is 13.6. The highest BCUT2D eigenvalue weighted by atomic mass is 19.2. The average Bonchev–Trinajstić information content (AvgIpc) is 2.32. The first kappa shape index (κ1) is 16.9. The van der Waals surface area contributed by atoms with Gasteiger partial charge in [0.25, 0.3) is 0 Å². The second-order valence-corrected chi connectivity index (χ2v) is 4.22. The van der Waals surface area contributed by atoms with Crippen LogP contribution in [0.25, 0.3) is 0 Å². The molecule has 1 aliphatic heterocycles. The van der Waals surface area contributed by atoms with Gasteiger partial charge in [-0.2, -0.15) is 0 Å². The van der Waals surface area contributed by atoms with E-state index in [1.54, 1.807) is 0 Å². The molecular weight excluding hydrogens is 298 g/mol. The SMILES string of the molecule is Fc1cc(F)c(F)c(C(F)C2CNC2)c1.O=C(O)C(=O)O. The summed E-state index contributed by atoms with van der Waals surface area (Å²) in [6.07, 6.45) is -1.66. The molecule has 1 unspecified atom stereocenters. The Hall–Kier alpha value is -2.16. The van der Waals surface area contributed by atoms with Crippen molar-refractivity contribution >= 4 is 11.9 Å². The van der Waals surface area contributed by atoms with E-state index in [-0.39, 0.29) is 0 Å². The van der Waals surface area contributed by atoms with Crippen LogP contribution in [0.3, 0.4) is 0 Å². The quantitative estimate of drug-likeness (QED) is 0.438. The van der Waals surface area contributed by atoms with E-state index in [0.717, 1.165) is 0 Å². The Bertz CT molecular complexity index is 536. The van der Waals surface area contributed by atoms with Gasteiger partial charge in [0.1, 0.15) is 12.0 Å². The monoisotopic (exact) mass is 309 g/mol. The summed E-state index contributed by atoms with van der Waals surface area (Å²) in [6.45, 7) is 0.803. The van der Waals surface area contributed by atoms with Gasteiger partial charge < -0.3 is 15.5 Å². The lowest BCUT2D eigenvalue weighted by Gasteiger charge is -2.30. The summed E-state index contributed by atoms with van der Waals surface area (Å²) in [5.74, 6) is -7.65. The number of halogens is 4. The standard InChI is InChI=1S/C10H9F4N.C2H2O4/c11-6-1-7(10(14)8(12)2-6)9(13)5-3-15-4-5;3-1(4)2(5)6/h1-2,5,9,15H,3-4H2;(H,3,4)(H,5,6). The molecule has 1 saturated heterocycles. The fourth-order valence-corrected chi connectivity index (χ4v) is 1.55. The highest BCUT2D eigenvalue weighted by molar-refractivity contribution is 6.27. The zero-order valence-corrected chi connectivity index (χ0v) is 10.4. The van der Waals surface area contributed by atoms with Gasteiger partial charge in [-0.25, -0.2) is 27.2 Å². The van der Waals surface area contributed by atoms with Crippen LogP contribution >= 0.6 is 0 Å². The molecule has 1 heterocycles. The number of hydrogen-bond donors (Lipinski definition) is 3. The molecule has 116 valence electrons. The van der Waals surface area contributed by atoms with Crippen molar-refractivity contribution in [3.8, 4) is 0 Å². The predicted octanol–water partition coefficient (Wildman–Crippen LogP) is 1.49. The first-order valence-corrected chi connectivity index (χ1v) is 5.69. The highest BCUT2D eigenvalue weighted by Gasteiger charge is 2.31. The number of hydrogen-bond acceptors (Lipinski definition) is 3. The highest BCUT2D eigenvalue weighted by Crippen LogP contribution is 2.31. The summed E-state index contributed by atoms with van der Waals surface area (Å²) < 4.78 is 52.3. The van der Waals surface area contributed by atoms with E-state index in [4.69, 9.17) is 19.8 Å². The summed E-state index contributed by atoms with van der Waals surface area (Å²) in [7, 11) is 0. The van der Waals surface area contributed by atoms with E-state index < -0.39 is 47.0 Å². The van der Waals surface area contributed by atoms with Gasteiger partial charge in [-0.3, -0.25) is 0 Å². The van der Waals surface area contributed by atoms with E-state index in [0.29, 0.717) is 25.2 Å². The fraction of sp³-hybridized carbons (Fsp3) is 0.333. The smallest absolute Gasteiger partial charge is 0.414 e. The van der Waals surface area contributed by atoms with E-state index in [1.165, 1.54) is 0 Å². The predicted molar refractivity (Wildman–Crippen MR) is 61.8 cm³/mol. The van der Waals surface area contributed by atoms with Crippen LogP contribution < -0.4 is 5.32 Å². The number of carboxylic acid groups (broad SMARTS) is 2. The lowest BCUT2D eigenvalue weighted by atomic mass is 9.92. The Morgan fingerprint density at radius 3 is 2.05 bits per heavy atom. The minimum absolute atomic E-state index is 0.402. The molecular formula is C12H11F4NO4. The van der Waals surface area contributed by atoms with Crippen LogP contribution in [0.2, 0.25) is 0 Å². The molecule has 21 heavy (non-hydrogen) atoms. The van der Waals surface area contributed by atoms with Crippen LogP contribution in [0.1, 0.15) is 11.7 Å². The second-order valence-electron chi connectivity index (χ2n) is 4.22. The Morgan fingerprint density at radius 1 is 1.14 bits per heavy atom. The van der Waals surface area contributed by atoms with Crippen molar-refractivity contribution in [3.05, 3.63) is 35.1 Å². The van der Waals surface area contributed by atoms with Gasteiger partial charge >= 0.3 is 11.9 Å². The number of carbonyl (C=O) groups is 2. The third-order valence-corrected chi connectivity index (χ3v) is 2.73. The number of rotatable bonds is 2. The Labute approximate surface area is 116 Å². The molecule has 0 amide bonds. The molecule has 3 N–H and O–H groups in total. The van der Waals surface area contributed by atoms with Gasteiger partial charge in [0.2, 0.25) is 0 Å². The number of benzene rings is 1. The second kappa shape index (κ2) is 7.02. The van der Waals surface area contributed by atoms with E-state index in [1.807, 2.05) is 0 Å². The largest absolute Gasteiger partial charge is 0.473 e. The number of aliphatic carboxylic acids is 2. The molecule has 1 aromatic carbocycles. The number of carboxylic acids is 2. The summed E-state index contributed by atoms with van der Waals surface area (Å²) in [5, 5.41) is 17.6. The minimum atomic E-state index is -1.82. The molecule has 2 rings (SSSR count). The molecule has 0 aromatic heterocycles. The molecule has 5 nitrogen and oxygen atoms in total. The van der Waals surface area contributed by atoms with Crippen molar-refractivity contribution in [3.63, 3.8) is 0 Å². The van der Waals surface area contributed by atoms with Crippen LogP contribution in [0.5, 0.6) is 0 Å². The van der Waals surface area contributed by atoms with Gasteiger partial charge in [0, 0.05) is 30.6 Å². The fourth-order valence-electron chi connectivity index (χ4n) is 1.55. The van der Waals surface area contributed by atoms with Crippen LogP contribution in [0.4, 0.5) is 17.6 Å². The maximum absolute atomic E-state index is 13.6. The molecule has 1 fully saturated rings. The van der Waals surface area contributed by atoms with Crippen molar-refractivity contribution in [1.29, 1.82) is 0 Å². The molecule has 0 spiro atoms. The molecule has 1 atom stereocenters. The van der Waals surface area contributed by atoms with Gasteiger partial charge in [-0.1, -0.05) is 0 Å². The number of alkyl halides is 1. The van der Waals surface area contributed by atoms with Crippen LogP contribution in [-0.4, -0.2) is 35.2 Å². The Kier molecular flexibility index (Phi) is 5.65. The van der Waals surface area contributed by atoms with Gasteiger partial charge in [-0.05, 0) is 6.07 Å². The van der Waals surface area contributed by atoms with E-state index >= 15 is 0 Å². The van der Waals surface area contributed by atoms with Crippen molar-refractivity contribution < 1.29 is 37.4 Å². The normalized spacial score (nSPS) is 15.4. The van der Waals surface area contributed by atoms with Crippen LogP contribution in [0.15, 0.2) is 12.1 Å². The van der Waals surface area contributed by atoms with Crippen molar-refractivity contribution in [2.24, 2.45) is 5.92 Å². The molecule has 0 aliphatic carbocycles. The molecule has 1 aromatic rings. The third kappa shape index (κ3) is 4.42. The minimum Gasteiger partial charge on any atom is -0.473 e. The molecule has 0 radical (unpaired) electrons. The Morgan fingerprint density at radius 2 is 1.67 bits per heavy atom. The van der Waals surface area contributed by atoms with Crippen molar-refractivity contribution in [1.82, 2.24) is 5.32 Å². The lowest BCUT2D eigenvalue weighted by Crippen LogP contribution is -2.44. The molecule has 1 aliphatic rings. The maximum Gasteiger partial charge on any atom is 0.414 e. The molecule has 0 saturated carbocycles. The summed E-state index contributed by atoms with van der Waals surface area (Å²) in [4.78, 5) is 18.2. The number of nitrogens with one attached hydrogen (secondary N) is 1. The summed E-state index contributed by atoms with van der Waals surface area (Å²) in [5.41, 5.74) is -0.529. The molecule has 0 bridgehead atoms. The zero-order valence-electron chi connectivity index (χ0n) is 10.4. The van der Waals surface area contributed by atoms with Gasteiger partial charge in [0.05, 0.1) is 0 Å². The third-order valence-electron chi connectivity index (χ3n) is 2.73. The first-order valence-electron chi connectivity index (χ1n) is 5.69. The summed E-state index contributed by atoms with van der Waals surface area (Å²) in [6, 6.07) is 1.12. The van der Waals surface area contributed by atoms with Crippen molar-refractivity contribution in [2.45, 2.75) is 6.17 Å². The topological polar surface area (TPSA) is 86.6 Å². The van der Waals surface area contributed by atoms with E-state index in [2.05, 4.69) is 5.32 Å². The average molecular weight is 309 g/mol. The van der Waals surface area contributed by atoms with Gasteiger partial charge in [-0.15, -0.1) is 0 Å². The first-order chi connectivity index (χ1) is 9.73. The van der Waals surface area contributed by atoms with Gasteiger partial charge in [0.15, 0.2) is 11.6 Å². The Balaban J connectivity index is 0.000000315. The molecule has 9 heteroatoms. The zero-order chi connectivity index (χ0) is 16.2. The van der Waals surface area contributed by atoms with Crippen LogP contribution in [0, 0.1) is 23.4 Å². The summed E-state index contributed by atoms with van der Waals surface area (Å²) >= 11 is 0. The van der Waals surface area contributed by atoms with Crippen molar-refractivity contribution in [2.75, 3.05) is 13.1 Å².